The molecular weight excluding hydrogens is 364 g/mol. The molecule has 2 aromatic carbocycles. The maximum absolute atomic E-state index is 12.7. The Morgan fingerprint density at radius 3 is 2.52 bits per heavy atom. The van der Waals surface area contributed by atoms with E-state index in [0.29, 0.717) is 26.3 Å². The highest BCUT2D eigenvalue weighted by molar-refractivity contribution is 6.08. The number of amides is 1. The van der Waals surface area contributed by atoms with E-state index < -0.39 is 5.79 Å². The van der Waals surface area contributed by atoms with E-state index in [4.69, 9.17) is 9.47 Å². The minimum atomic E-state index is -0.445. The van der Waals surface area contributed by atoms with E-state index in [0.717, 1.165) is 24.9 Å². The van der Waals surface area contributed by atoms with Crippen molar-refractivity contribution in [2.75, 3.05) is 26.3 Å². The van der Waals surface area contributed by atoms with Crippen LogP contribution in [0.1, 0.15) is 25.3 Å². The number of hydrogen-bond acceptors (Lipinski definition) is 3. The Bertz CT molecular complexity index is 1080. The van der Waals surface area contributed by atoms with E-state index in [1.165, 1.54) is 21.8 Å². The van der Waals surface area contributed by atoms with Gasteiger partial charge in [0.1, 0.15) is 0 Å². The van der Waals surface area contributed by atoms with Crippen molar-refractivity contribution in [2.24, 2.45) is 0 Å². The Labute approximate surface area is 170 Å². The molecule has 5 heteroatoms. The monoisotopic (exact) mass is 390 g/mol. The number of rotatable bonds is 3. The lowest BCUT2D eigenvalue weighted by Gasteiger charge is -2.37. The predicted octanol–water partition coefficient (Wildman–Crippen LogP) is 4.19. The Morgan fingerprint density at radius 1 is 1.03 bits per heavy atom. The molecule has 0 unspecified atom stereocenters. The summed E-state index contributed by atoms with van der Waals surface area (Å²) >= 11 is 0. The second-order valence-electron chi connectivity index (χ2n) is 7.80. The maximum atomic E-state index is 12.7. The molecule has 0 bridgehead atoms. The lowest BCUT2D eigenvalue weighted by molar-refractivity contribution is -0.186. The summed E-state index contributed by atoms with van der Waals surface area (Å²) in [4.78, 5) is 14.5. The van der Waals surface area contributed by atoms with Gasteiger partial charge in [-0.1, -0.05) is 24.3 Å². The molecule has 0 N–H and O–H groups in total. The molecule has 3 aromatic rings. The zero-order valence-corrected chi connectivity index (χ0v) is 16.8. The highest BCUT2D eigenvalue weighted by Gasteiger charge is 2.40. The Morgan fingerprint density at radius 2 is 1.76 bits per heavy atom. The number of hydrogen-bond donors (Lipinski definition) is 0. The van der Waals surface area contributed by atoms with Gasteiger partial charge in [-0.3, -0.25) is 4.79 Å². The number of nitrogens with zero attached hydrogens (tertiary/aromatic N) is 2. The zero-order chi connectivity index (χ0) is 19.8. The highest BCUT2D eigenvalue weighted by Crippen LogP contribution is 2.32. The number of likely N-dealkylation sites (tertiary alicyclic amines) is 1. The largest absolute Gasteiger partial charge is 0.347 e. The van der Waals surface area contributed by atoms with E-state index in [9.17, 15) is 4.79 Å². The normalized spacial score (nSPS) is 19.1. The van der Waals surface area contributed by atoms with Crippen LogP contribution in [0.3, 0.4) is 0 Å². The first-order valence-corrected chi connectivity index (χ1v) is 10.4. The number of aromatic nitrogens is 1. The Hall–Kier alpha value is -2.63. The summed E-state index contributed by atoms with van der Waals surface area (Å²) < 4.78 is 13.8. The first kappa shape index (κ1) is 18.4. The summed E-state index contributed by atoms with van der Waals surface area (Å²) in [5.74, 6) is -0.395. The molecule has 5 rings (SSSR count). The van der Waals surface area contributed by atoms with Crippen LogP contribution in [0.4, 0.5) is 0 Å². The number of carbonyl (C=O) groups is 1. The maximum Gasteiger partial charge on any atom is 0.246 e. The number of fused-ring (bicyclic) bond motifs is 3. The van der Waals surface area contributed by atoms with Gasteiger partial charge in [-0.05, 0) is 36.8 Å². The van der Waals surface area contributed by atoms with Gasteiger partial charge in [0.05, 0.1) is 13.2 Å². The first-order chi connectivity index (χ1) is 14.2. The SMILES string of the molecule is CCn1c2ccccc2c2cc(/C=C/C(=O)N3CCC4(CC3)OCCO4)ccc21. The third-order valence-electron chi connectivity index (χ3n) is 6.18. The smallest absolute Gasteiger partial charge is 0.246 e. The van der Waals surface area contributed by atoms with E-state index >= 15 is 0 Å². The molecule has 0 saturated carbocycles. The lowest BCUT2D eigenvalue weighted by atomic mass is 10.0. The Balaban J connectivity index is 1.35. The number of ether oxygens (including phenoxy) is 2. The summed E-state index contributed by atoms with van der Waals surface area (Å²) in [6, 6.07) is 14.9. The van der Waals surface area contributed by atoms with Crippen molar-refractivity contribution in [3.05, 3.63) is 54.1 Å². The van der Waals surface area contributed by atoms with Gasteiger partial charge < -0.3 is 18.9 Å². The van der Waals surface area contributed by atoms with Crippen LogP contribution in [0.2, 0.25) is 0 Å². The average Bonchev–Trinajstić information content (AvgIpc) is 3.34. The van der Waals surface area contributed by atoms with Crippen LogP contribution >= 0.6 is 0 Å². The van der Waals surface area contributed by atoms with Crippen LogP contribution in [0.5, 0.6) is 0 Å². The van der Waals surface area contributed by atoms with Gasteiger partial charge in [-0.2, -0.15) is 0 Å². The Kier molecular flexibility index (Phi) is 4.64. The van der Waals surface area contributed by atoms with Gasteiger partial charge in [0.2, 0.25) is 5.91 Å². The van der Waals surface area contributed by atoms with E-state index in [2.05, 4.69) is 54.0 Å². The molecule has 150 valence electrons. The quantitative estimate of drug-likeness (QED) is 0.630. The number of benzene rings is 2. The summed E-state index contributed by atoms with van der Waals surface area (Å²) in [5, 5.41) is 2.48. The van der Waals surface area contributed by atoms with Crippen LogP contribution in [-0.2, 0) is 20.8 Å². The highest BCUT2D eigenvalue weighted by atomic mass is 16.7. The molecule has 1 aromatic heterocycles. The van der Waals surface area contributed by atoms with Gasteiger partial charge >= 0.3 is 0 Å². The van der Waals surface area contributed by atoms with Crippen LogP contribution in [0.15, 0.2) is 48.5 Å². The molecule has 2 aliphatic heterocycles. The number of aryl methyl sites for hydroxylation is 1. The van der Waals surface area contributed by atoms with E-state index in [-0.39, 0.29) is 5.91 Å². The van der Waals surface area contributed by atoms with Gasteiger partial charge in [0.25, 0.3) is 0 Å². The predicted molar refractivity (Wildman–Crippen MR) is 115 cm³/mol. The first-order valence-electron chi connectivity index (χ1n) is 10.4. The number of carbonyl (C=O) groups excluding carboxylic acids is 1. The molecule has 29 heavy (non-hydrogen) atoms. The molecule has 0 radical (unpaired) electrons. The van der Waals surface area contributed by atoms with Crippen molar-refractivity contribution in [3.63, 3.8) is 0 Å². The van der Waals surface area contributed by atoms with Crippen molar-refractivity contribution in [2.45, 2.75) is 32.1 Å². The van der Waals surface area contributed by atoms with Crippen molar-refractivity contribution < 1.29 is 14.3 Å². The molecule has 2 aliphatic rings. The van der Waals surface area contributed by atoms with Gasteiger partial charge in [0.15, 0.2) is 5.79 Å². The van der Waals surface area contributed by atoms with E-state index in [1.54, 1.807) is 6.08 Å². The average molecular weight is 390 g/mol. The molecule has 2 saturated heterocycles. The fourth-order valence-corrected chi connectivity index (χ4v) is 4.64. The second kappa shape index (κ2) is 7.32. The third kappa shape index (κ3) is 3.24. The van der Waals surface area contributed by atoms with Crippen LogP contribution < -0.4 is 0 Å². The standard InChI is InChI=1S/C24H26N2O3/c1-2-26-21-6-4-3-5-19(21)20-17-18(7-9-22(20)26)8-10-23(27)25-13-11-24(12-14-25)28-15-16-29-24/h3-10,17H,2,11-16H2,1H3/b10-8+. The molecule has 2 fully saturated rings. The summed E-state index contributed by atoms with van der Waals surface area (Å²) in [7, 11) is 0. The van der Waals surface area contributed by atoms with E-state index in [1.807, 2.05) is 11.0 Å². The zero-order valence-electron chi connectivity index (χ0n) is 16.8. The van der Waals surface area contributed by atoms with Crippen molar-refractivity contribution in [1.82, 2.24) is 9.47 Å². The molecule has 0 atom stereocenters. The summed E-state index contributed by atoms with van der Waals surface area (Å²) in [6.07, 6.45) is 5.10. The third-order valence-corrected chi connectivity index (χ3v) is 6.18. The van der Waals surface area contributed by atoms with Crippen molar-refractivity contribution >= 4 is 33.8 Å². The van der Waals surface area contributed by atoms with Crippen molar-refractivity contribution in [1.29, 1.82) is 0 Å². The summed E-state index contributed by atoms with van der Waals surface area (Å²) in [5.41, 5.74) is 3.52. The fraction of sp³-hybridized carbons (Fsp3) is 0.375. The van der Waals surface area contributed by atoms with Gasteiger partial charge in [-0.15, -0.1) is 0 Å². The summed E-state index contributed by atoms with van der Waals surface area (Å²) in [6.45, 7) is 5.76. The molecule has 5 nitrogen and oxygen atoms in total. The van der Waals surface area contributed by atoms with Gasteiger partial charge in [0, 0.05) is 60.4 Å². The molecule has 0 aliphatic carbocycles. The minimum absolute atomic E-state index is 0.0499. The van der Waals surface area contributed by atoms with Crippen molar-refractivity contribution in [3.8, 4) is 0 Å². The second-order valence-corrected chi connectivity index (χ2v) is 7.80. The van der Waals surface area contributed by atoms with Crippen LogP contribution in [0, 0.1) is 0 Å². The molecule has 1 amide bonds. The number of piperidine rings is 1. The topological polar surface area (TPSA) is 43.7 Å². The minimum Gasteiger partial charge on any atom is -0.347 e. The van der Waals surface area contributed by atoms with Crippen LogP contribution in [0.25, 0.3) is 27.9 Å². The van der Waals surface area contributed by atoms with Gasteiger partial charge in [-0.25, -0.2) is 0 Å². The lowest BCUT2D eigenvalue weighted by Crippen LogP contribution is -2.46. The molecule has 1 spiro atoms. The fourth-order valence-electron chi connectivity index (χ4n) is 4.64. The van der Waals surface area contributed by atoms with Crippen LogP contribution in [-0.4, -0.2) is 47.5 Å². The molecule has 3 heterocycles. The molecular formula is C24H26N2O3. The number of para-hydroxylation sites is 1.